The van der Waals surface area contributed by atoms with Crippen molar-refractivity contribution in [2.75, 3.05) is 0 Å². The normalized spacial score (nSPS) is 12.5. The van der Waals surface area contributed by atoms with Crippen molar-refractivity contribution in [2.24, 2.45) is 0 Å². The maximum atomic E-state index is 13.2. The summed E-state index contributed by atoms with van der Waals surface area (Å²) in [6.07, 6.45) is 0.184. The second-order valence-corrected chi connectivity index (χ2v) is 4.91. The maximum absolute atomic E-state index is 13.2. The Bertz CT molecular complexity index is 893. The molecule has 0 aliphatic carbocycles. The molecular formula is C16H12F2N2O2. The lowest BCUT2D eigenvalue weighted by Gasteiger charge is -2.13. The molecule has 6 heteroatoms. The Balaban J connectivity index is 1.94. The van der Waals surface area contributed by atoms with Crippen LogP contribution in [0.3, 0.4) is 0 Å². The van der Waals surface area contributed by atoms with E-state index in [9.17, 15) is 18.7 Å². The van der Waals surface area contributed by atoms with Crippen LogP contribution in [-0.2, 0) is 6.54 Å². The van der Waals surface area contributed by atoms with Gasteiger partial charge in [-0.25, -0.2) is 13.8 Å². The van der Waals surface area contributed by atoms with E-state index in [-0.39, 0.29) is 17.7 Å². The van der Waals surface area contributed by atoms with E-state index in [0.717, 1.165) is 12.1 Å². The van der Waals surface area contributed by atoms with Gasteiger partial charge in [-0.3, -0.25) is 9.36 Å². The predicted octanol–water partition coefficient (Wildman–Crippen LogP) is 2.41. The second kappa shape index (κ2) is 5.65. The molecule has 1 atom stereocenters. The molecule has 4 nitrogen and oxygen atoms in total. The monoisotopic (exact) mass is 302 g/mol. The number of rotatable bonds is 3. The van der Waals surface area contributed by atoms with Gasteiger partial charge in [-0.2, -0.15) is 0 Å². The number of fused-ring (bicyclic) bond motifs is 1. The van der Waals surface area contributed by atoms with Gasteiger partial charge in [0.25, 0.3) is 5.56 Å². The number of hydrogen-bond donors (Lipinski definition) is 1. The van der Waals surface area contributed by atoms with Gasteiger partial charge in [0.1, 0.15) is 0 Å². The fourth-order valence-corrected chi connectivity index (χ4v) is 2.25. The highest BCUT2D eigenvalue weighted by atomic mass is 19.2. The van der Waals surface area contributed by atoms with Crippen LogP contribution in [0.4, 0.5) is 8.78 Å². The fourth-order valence-electron chi connectivity index (χ4n) is 2.25. The molecule has 3 aromatic rings. The van der Waals surface area contributed by atoms with Crippen molar-refractivity contribution in [1.29, 1.82) is 0 Å². The van der Waals surface area contributed by atoms with Crippen molar-refractivity contribution in [2.45, 2.75) is 12.6 Å². The molecule has 0 spiro atoms. The van der Waals surface area contributed by atoms with E-state index < -0.39 is 17.7 Å². The first kappa shape index (κ1) is 14.3. The van der Waals surface area contributed by atoms with E-state index >= 15 is 0 Å². The number of hydrogen-bond acceptors (Lipinski definition) is 3. The number of aliphatic hydroxyl groups is 1. The average molecular weight is 302 g/mol. The summed E-state index contributed by atoms with van der Waals surface area (Å²) in [6.45, 7) is -0.0955. The number of para-hydroxylation sites is 1. The lowest BCUT2D eigenvalue weighted by atomic mass is 10.1. The molecule has 1 N–H and O–H groups in total. The lowest BCUT2D eigenvalue weighted by molar-refractivity contribution is 0.154. The largest absolute Gasteiger partial charge is 0.387 e. The molecule has 0 aliphatic rings. The third-order valence-corrected chi connectivity index (χ3v) is 3.43. The van der Waals surface area contributed by atoms with Crippen LogP contribution in [0, 0.1) is 11.6 Å². The molecule has 0 aliphatic heterocycles. The Labute approximate surface area is 124 Å². The number of nitrogens with zero attached hydrogens (tertiary/aromatic N) is 2. The highest BCUT2D eigenvalue weighted by Gasteiger charge is 2.13. The molecular weight excluding hydrogens is 290 g/mol. The van der Waals surface area contributed by atoms with Crippen molar-refractivity contribution >= 4 is 10.9 Å². The summed E-state index contributed by atoms with van der Waals surface area (Å²) in [5.41, 5.74) is 0.456. The van der Waals surface area contributed by atoms with Crippen molar-refractivity contribution in [3.8, 4) is 0 Å². The standard InChI is InChI=1S/C16H12F2N2O2/c17-12-6-5-10(7-13(12)18)15(21)8-20-9-19-14-4-2-1-3-11(14)16(20)22/h1-7,9,15,21H,8H2. The number of halogens is 2. The van der Waals surface area contributed by atoms with Crippen LogP contribution in [0.1, 0.15) is 11.7 Å². The van der Waals surface area contributed by atoms with Gasteiger partial charge < -0.3 is 5.11 Å². The van der Waals surface area contributed by atoms with E-state index in [2.05, 4.69) is 4.98 Å². The smallest absolute Gasteiger partial charge is 0.261 e. The average Bonchev–Trinajstić information content (AvgIpc) is 2.53. The molecule has 0 bridgehead atoms. The highest BCUT2D eigenvalue weighted by molar-refractivity contribution is 5.76. The lowest BCUT2D eigenvalue weighted by Crippen LogP contribution is -2.23. The summed E-state index contributed by atoms with van der Waals surface area (Å²) in [4.78, 5) is 16.4. The Morgan fingerprint density at radius 1 is 1.14 bits per heavy atom. The van der Waals surface area contributed by atoms with Crippen LogP contribution < -0.4 is 5.56 Å². The number of aliphatic hydroxyl groups excluding tert-OH is 1. The summed E-state index contributed by atoms with van der Waals surface area (Å²) >= 11 is 0. The first-order valence-electron chi connectivity index (χ1n) is 6.63. The van der Waals surface area contributed by atoms with E-state index in [0.29, 0.717) is 10.9 Å². The van der Waals surface area contributed by atoms with Gasteiger partial charge in [0.05, 0.1) is 29.9 Å². The van der Waals surface area contributed by atoms with Crippen LogP contribution in [-0.4, -0.2) is 14.7 Å². The summed E-state index contributed by atoms with van der Waals surface area (Å²) in [6, 6.07) is 9.99. The van der Waals surface area contributed by atoms with Crippen LogP contribution in [0.5, 0.6) is 0 Å². The van der Waals surface area contributed by atoms with Crippen molar-refractivity contribution in [1.82, 2.24) is 9.55 Å². The number of benzene rings is 2. The Morgan fingerprint density at radius 3 is 2.68 bits per heavy atom. The van der Waals surface area contributed by atoms with E-state index in [1.807, 2.05) is 0 Å². The Kier molecular flexibility index (Phi) is 3.68. The van der Waals surface area contributed by atoms with Gasteiger partial charge >= 0.3 is 0 Å². The van der Waals surface area contributed by atoms with Gasteiger partial charge in [0, 0.05) is 0 Å². The third kappa shape index (κ3) is 2.60. The summed E-state index contributed by atoms with van der Waals surface area (Å²) in [5, 5.41) is 10.5. The number of aromatic nitrogens is 2. The van der Waals surface area contributed by atoms with Crippen LogP contribution in [0.2, 0.25) is 0 Å². The molecule has 1 unspecified atom stereocenters. The minimum Gasteiger partial charge on any atom is -0.387 e. The molecule has 0 saturated heterocycles. The zero-order valence-corrected chi connectivity index (χ0v) is 11.4. The second-order valence-electron chi connectivity index (χ2n) is 4.91. The van der Waals surface area contributed by atoms with Gasteiger partial charge in [0.15, 0.2) is 11.6 Å². The molecule has 22 heavy (non-hydrogen) atoms. The molecule has 0 saturated carbocycles. The molecule has 3 rings (SSSR count). The van der Waals surface area contributed by atoms with E-state index in [1.165, 1.54) is 17.0 Å². The Morgan fingerprint density at radius 2 is 1.91 bits per heavy atom. The van der Waals surface area contributed by atoms with Crippen molar-refractivity contribution < 1.29 is 13.9 Å². The van der Waals surface area contributed by atoms with Crippen molar-refractivity contribution in [3.63, 3.8) is 0 Å². The maximum Gasteiger partial charge on any atom is 0.261 e. The van der Waals surface area contributed by atoms with Crippen LogP contribution >= 0.6 is 0 Å². The Hall–Kier alpha value is -2.60. The fraction of sp³-hybridized carbons (Fsp3) is 0.125. The summed E-state index contributed by atoms with van der Waals surface area (Å²) < 4.78 is 27.3. The topological polar surface area (TPSA) is 55.1 Å². The van der Waals surface area contributed by atoms with Gasteiger partial charge in [-0.05, 0) is 29.8 Å². The quantitative estimate of drug-likeness (QED) is 0.808. The molecule has 0 radical (unpaired) electrons. The first-order chi connectivity index (χ1) is 10.6. The molecule has 0 amide bonds. The molecule has 0 fully saturated rings. The first-order valence-corrected chi connectivity index (χ1v) is 6.63. The summed E-state index contributed by atoms with van der Waals surface area (Å²) in [5.74, 6) is -2.03. The zero-order valence-electron chi connectivity index (χ0n) is 11.4. The predicted molar refractivity (Wildman–Crippen MR) is 77.3 cm³/mol. The SMILES string of the molecule is O=c1c2ccccc2ncn1CC(O)c1ccc(F)c(F)c1. The minimum atomic E-state index is -1.14. The van der Waals surface area contributed by atoms with Gasteiger partial charge in [-0.15, -0.1) is 0 Å². The zero-order chi connectivity index (χ0) is 15.7. The van der Waals surface area contributed by atoms with Gasteiger partial charge in [-0.1, -0.05) is 18.2 Å². The third-order valence-electron chi connectivity index (χ3n) is 3.43. The van der Waals surface area contributed by atoms with E-state index in [4.69, 9.17) is 0 Å². The molecule has 1 heterocycles. The van der Waals surface area contributed by atoms with Crippen LogP contribution in [0.25, 0.3) is 10.9 Å². The highest BCUT2D eigenvalue weighted by Crippen LogP contribution is 2.17. The minimum absolute atomic E-state index is 0.0955. The van der Waals surface area contributed by atoms with Gasteiger partial charge in [0.2, 0.25) is 0 Å². The van der Waals surface area contributed by atoms with Crippen molar-refractivity contribution in [3.05, 3.63) is 76.3 Å². The molecule has 2 aromatic carbocycles. The van der Waals surface area contributed by atoms with E-state index in [1.54, 1.807) is 24.3 Å². The summed E-state index contributed by atoms with van der Waals surface area (Å²) in [7, 11) is 0. The molecule has 1 aromatic heterocycles. The van der Waals surface area contributed by atoms with Crippen LogP contribution in [0.15, 0.2) is 53.6 Å². The molecule has 112 valence electrons.